The SMILES string of the molecule is CCCCCC(=O)O[C@H]1CCCC[C@@H]1c1ccccc1OCOC. The zero-order valence-electron chi connectivity index (χ0n) is 15.0. The predicted octanol–water partition coefficient (Wildman–Crippen LogP) is 4.82. The molecule has 4 heteroatoms. The summed E-state index contributed by atoms with van der Waals surface area (Å²) in [6.45, 7) is 2.37. The highest BCUT2D eigenvalue weighted by Gasteiger charge is 2.31. The van der Waals surface area contributed by atoms with Gasteiger partial charge in [-0.05, 0) is 31.7 Å². The van der Waals surface area contributed by atoms with Crippen molar-refractivity contribution in [2.45, 2.75) is 70.3 Å². The van der Waals surface area contributed by atoms with Crippen LogP contribution in [0.2, 0.25) is 0 Å². The number of ether oxygens (including phenoxy) is 3. The van der Waals surface area contributed by atoms with Gasteiger partial charge in [0, 0.05) is 25.0 Å². The van der Waals surface area contributed by atoms with Gasteiger partial charge in [-0.3, -0.25) is 4.79 Å². The monoisotopic (exact) mass is 334 g/mol. The van der Waals surface area contributed by atoms with Crippen LogP contribution in [-0.4, -0.2) is 26.0 Å². The molecule has 1 aliphatic carbocycles. The molecule has 0 N–H and O–H groups in total. The van der Waals surface area contributed by atoms with Crippen LogP contribution in [0.5, 0.6) is 5.75 Å². The normalized spacial score (nSPS) is 20.6. The number of unbranched alkanes of at least 4 members (excludes halogenated alkanes) is 2. The second kappa shape index (κ2) is 10.3. The Balaban J connectivity index is 2.04. The summed E-state index contributed by atoms with van der Waals surface area (Å²) in [5.74, 6) is 0.982. The Bertz CT molecular complexity index is 500. The van der Waals surface area contributed by atoms with Crippen molar-refractivity contribution in [3.8, 4) is 5.75 Å². The maximum Gasteiger partial charge on any atom is 0.306 e. The van der Waals surface area contributed by atoms with Crippen molar-refractivity contribution in [1.29, 1.82) is 0 Å². The number of para-hydroxylation sites is 1. The number of carbonyl (C=O) groups excluding carboxylic acids is 1. The average molecular weight is 334 g/mol. The zero-order valence-corrected chi connectivity index (χ0v) is 15.0. The van der Waals surface area contributed by atoms with Crippen LogP contribution in [0.3, 0.4) is 0 Å². The first kappa shape index (κ1) is 18.8. The molecule has 1 saturated carbocycles. The molecule has 24 heavy (non-hydrogen) atoms. The summed E-state index contributed by atoms with van der Waals surface area (Å²) in [7, 11) is 1.62. The van der Waals surface area contributed by atoms with E-state index < -0.39 is 0 Å². The Hall–Kier alpha value is -1.55. The van der Waals surface area contributed by atoms with E-state index in [4.69, 9.17) is 14.2 Å². The summed E-state index contributed by atoms with van der Waals surface area (Å²) < 4.78 is 16.6. The molecular formula is C20H30O4. The topological polar surface area (TPSA) is 44.8 Å². The second-order valence-corrected chi connectivity index (χ2v) is 6.47. The molecule has 0 spiro atoms. The number of methoxy groups -OCH3 is 1. The highest BCUT2D eigenvalue weighted by molar-refractivity contribution is 5.69. The summed E-state index contributed by atoms with van der Waals surface area (Å²) in [5.41, 5.74) is 1.13. The predicted molar refractivity (Wildman–Crippen MR) is 94.2 cm³/mol. The Morgan fingerprint density at radius 2 is 1.96 bits per heavy atom. The van der Waals surface area contributed by atoms with Crippen LogP contribution in [0.1, 0.15) is 69.8 Å². The van der Waals surface area contributed by atoms with Gasteiger partial charge < -0.3 is 14.2 Å². The van der Waals surface area contributed by atoms with Gasteiger partial charge in [0.15, 0.2) is 6.79 Å². The van der Waals surface area contributed by atoms with Crippen LogP contribution in [0.25, 0.3) is 0 Å². The molecule has 1 aromatic rings. The fourth-order valence-corrected chi connectivity index (χ4v) is 3.38. The van der Waals surface area contributed by atoms with Crippen molar-refractivity contribution in [2.75, 3.05) is 13.9 Å². The Labute approximate surface area is 145 Å². The smallest absolute Gasteiger partial charge is 0.306 e. The van der Waals surface area contributed by atoms with Crippen LogP contribution in [0.15, 0.2) is 24.3 Å². The van der Waals surface area contributed by atoms with E-state index in [2.05, 4.69) is 13.0 Å². The van der Waals surface area contributed by atoms with E-state index in [9.17, 15) is 4.79 Å². The molecule has 134 valence electrons. The Kier molecular flexibility index (Phi) is 8.10. The van der Waals surface area contributed by atoms with Crippen molar-refractivity contribution in [3.63, 3.8) is 0 Å². The molecule has 1 fully saturated rings. The van der Waals surface area contributed by atoms with Crippen LogP contribution in [0, 0.1) is 0 Å². The molecule has 1 aromatic carbocycles. The van der Waals surface area contributed by atoms with E-state index in [1.165, 1.54) is 0 Å². The maximum atomic E-state index is 12.1. The minimum Gasteiger partial charge on any atom is -0.467 e. The fourth-order valence-electron chi connectivity index (χ4n) is 3.38. The molecule has 0 amide bonds. The van der Waals surface area contributed by atoms with Crippen molar-refractivity contribution in [2.24, 2.45) is 0 Å². The number of rotatable bonds is 9. The largest absolute Gasteiger partial charge is 0.467 e. The Morgan fingerprint density at radius 3 is 2.75 bits per heavy atom. The Morgan fingerprint density at radius 1 is 1.17 bits per heavy atom. The summed E-state index contributed by atoms with van der Waals surface area (Å²) >= 11 is 0. The molecule has 0 bridgehead atoms. The van der Waals surface area contributed by atoms with Crippen LogP contribution in [0.4, 0.5) is 0 Å². The van der Waals surface area contributed by atoms with Crippen molar-refractivity contribution in [1.82, 2.24) is 0 Å². The molecular weight excluding hydrogens is 304 g/mol. The van der Waals surface area contributed by atoms with Gasteiger partial charge in [-0.15, -0.1) is 0 Å². The van der Waals surface area contributed by atoms with Gasteiger partial charge in [0.1, 0.15) is 11.9 Å². The van der Waals surface area contributed by atoms with E-state index in [0.717, 1.165) is 56.3 Å². The van der Waals surface area contributed by atoms with Crippen LogP contribution in [-0.2, 0) is 14.3 Å². The summed E-state index contributed by atoms with van der Waals surface area (Å²) in [5, 5.41) is 0. The van der Waals surface area contributed by atoms with Crippen LogP contribution >= 0.6 is 0 Å². The van der Waals surface area contributed by atoms with Crippen molar-refractivity contribution < 1.29 is 19.0 Å². The molecule has 1 aliphatic rings. The fraction of sp³-hybridized carbons (Fsp3) is 0.650. The first-order chi connectivity index (χ1) is 11.8. The third kappa shape index (κ3) is 5.52. The molecule has 0 unspecified atom stereocenters. The van der Waals surface area contributed by atoms with E-state index in [0.29, 0.717) is 6.42 Å². The van der Waals surface area contributed by atoms with E-state index in [-0.39, 0.29) is 24.8 Å². The van der Waals surface area contributed by atoms with Gasteiger partial charge in [0.05, 0.1) is 0 Å². The minimum absolute atomic E-state index is 0.0415. The lowest BCUT2D eigenvalue weighted by atomic mass is 9.81. The van der Waals surface area contributed by atoms with Crippen molar-refractivity contribution in [3.05, 3.63) is 29.8 Å². The van der Waals surface area contributed by atoms with Crippen molar-refractivity contribution >= 4 is 5.97 Å². The number of benzene rings is 1. The van der Waals surface area contributed by atoms with Gasteiger partial charge >= 0.3 is 5.97 Å². The van der Waals surface area contributed by atoms with E-state index >= 15 is 0 Å². The van der Waals surface area contributed by atoms with E-state index in [1.807, 2.05) is 18.2 Å². The average Bonchev–Trinajstić information content (AvgIpc) is 2.61. The molecule has 0 radical (unpaired) electrons. The first-order valence-corrected chi connectivity index (χ1v) is 9.16. The maximum absolute atomic E-state index is 12.1. The molecule has 0 saturated heterocycles. The van der Waals surface area contributed by atoms with Gasteiger partial charge in [-0.2, -0.15) is 0 Å². The zero-order chi connectivity index (χ0) is 17.2. The molecule has 0 aliphatic heterocycles. The lowest BCUT2D eigenvalue weighted by molar-refractivity contribution is -0.151. The van der Waals surface area contributed by atoms with Gasteiger partial charge in [-0.1, -0.05) is 44.4 Å². The molecule has 4 nitrogen and oxygen atoms in total. The number of hydrogen-bond donors (Lipinski definition) is 0. The summed E-state index contributed by atoms with van der Waals surface area (Å²) in [6, 6.07) is 8.02. The molecule has 0 aromatic heterocycles. The van der Waals surface area contributed by atoms with Gasteiger partial charge in [0.2, 0.25) is 0 Å². The van der Waals surface area contributed by atoms with Gasteiger partial charge in [0.25, 0.3) is 0 Å². The highest BCUT2D eigenvalue weighted by atomic mass is 16.7. The van der Waals surface area contributed by atoms with Gasteiger partial charge in [-0.25, -0.2) is 0 Å². The standard InChI is InChI=1S/C20H30O4/c1-3-4-5-14-20(21)24-19-13-9-7-11-17(19)16-10-6-8-12-18(16)23-15-22-2/h6,8,10,12,17,19H,3-5,7,9,11,13-15H2,1-2H3/t17-,19+/m1/s1. The lowest BCUT2D eigenvalue weighted by Crippen LogP contribution is -2.29. The quantitative estimate of drug-likeness (QED) is 0.369. The second-order valence-electron chi connectivity index (χ2n) is 6.47. The molecule has 0 heterocycles. The molecule has 2 rings (SSSR count). The van der Waals surface area contributed by atoms with Crippen LogP contribution < -0.4 is 4.74 Å². The summed E-state index contributed by atoms with van der Waals surface area (Å²) in [6.07, 6.45) is 7.83. The first-order valence-electron chi connectivity index (χ1n) is 9.16. The lowest BCUT2D eigenvalue weighted by Gasteiger charge is -2.32. The van der Waals surface area contributed by atoms with E-state index in [1.54, 1.807) is 7.11 Å². The molecule has 2 atom stereocenters. The number of carbonyl (C=O) groups is 1. The number of esters is 1. The third-order valence-electron chi connectivity index (χ3n) is 4.62. The third-order valence-corrected chi connectivity index (χ3v) is 4.62. The summed E-state index contributed by atoms with van der Waals surface area (Å²) in [4.78, 5) is 12.1. The highest BCUT2D eigenvalue weighted by Crippen LogP contribution is 2.39. The minimum atomic E-state index is -0.0596. The number of hydrogen-bond acceptors (Lipinski definition) is 4.